The molecule has 0 bridgehead atoms. The maximum absolute atomic E-state index is 13.0. The number of amides is 1. The van der Waals surface area contributed by atoms with Gasteiger partial charge in [0.05, 0.1) is 18.1 Å². The van der Waals surface area contributed by atoms with Crippen LogP contribution < -0.4 is 4.74 Å². The summed E-state index contributed by atoms with van der Waals surface area (Å²) in [5.74, 6) is -0.662. The molecular weight excluding hydrogens is 409 g/mol. The third-order valence-electron chi connectivity index (χ3n) is 4.91. The van der Waals surface area contributed by atoms with Crippen molar-refractivity contribution in [1.82, 2.24) is 4.90 Å². The average Bonchev–Trinajstić information content (AvgIpc) is 3.17. The number of alkyl halides is 1. The van der Waals surface area contributed by atoms with Gasteiger partial charge in [0.15, 0.2) is 0 Å². The Morgan fingerprint density at radius 2 is 1.83 bits per heavy atom. The lowest BCUT2D eigenvalue weighted by Gasteiger charge is -2.34. The predicted molar refractivity (Wildman–Crippen MR) is 114 cm³/mol. The Hall–Kier alpha value is -2.86. The third-order valence-corrected chi connectivity index (χ3v) is 5.21. The van der Waals surface area contributed by atoms with Crippen LogP contribution in [0.2, 0.25) is 5.02 Å². The molecule has 0 aliphatic carbocycles. The monoisotopic (exact) mass is 431 g/mol. The van der Waals surface area contributed by atoms with E-state index in [0.717, 1.165) is 22.8 Å². The summed E-state index contributed by atoms with van der Waals surface area (Å²) in [6.07, 6.45) is 1.73. The fraction of sp³-hybridized carbons (Fsp3) is 0.304. The van der Waals surface area contributed by atoms with Crippen molar-refractivity contribution < 1.29 is 23.8 Å². The molecule has 5 nitrogen and oxygen atoms in total. The summed E-state index contributed by atoms with van der Waals surface area (Å²) in [6.45, 7) is 4.29. The minimum atomic E-state index is -1.03. The van der Waals surface area contributed by atoms with E-state index in [0.29, 0.717) is 22.8 Å². The van der Waals surface area contributed by atoms with Crippen LogP contribution >= 0.6 is 11.6 Å². The van der Waals surface area contributed by atoms with Crippen molar-refractivity contribution in [3.8, 4) is 16.9 Å². The van der Waals surface area contributed by atoms with E-state index < -0.39 is 18.2 Å². The zero-order chi connectivity index (χ0) is 21.8. The summed E-state index contributed by atoms with van der Waals surface area (Å²) >= 11 is 6.25. The smallest absolute Gasteiger partial charge is 0.328 e. The molecule has 2 aromatic carbocycles. The number of carbonyl (C=O) groups is 2. The SMILES string of the molecule is CC.O=C(O)/C=C/C1Cc2c(-c3ccc(C(=O)N4CC(F)C4)cc3)ccc(Cl)c2O1. The number of hydrogen-bond acceptors (Lipinski definition) is 3. The number of rotatable bonds is 4. The first-order valence-corrected chi connectivity index (χ1v) is 10.2. The van der Waals surface area contributed by atoms with Gasteiger partial charge in [-0.1, -0.05) is 43.6 Å². The maximum atomic E-state index is 13.0. The molecule has 7 heteroatoms. The summed E-state index contributed by atoms with van der Waals surface area (Å²) < 4.78 is 18.8. The first kappa shape index (κ1) is 21.8. The van der Waals surface area contributed by atoms with Gasteiger partial charge in [0.25, 0.3) is 5.91 Å². The van der Waals surface area contributed by atoms with E-state index in [1.165, 1.54) is 11.0 Å². The largest absolute Gasteiger partial charge is 0.484 e. The lowest BCUT2D eigenvalue weighted by atomic mass is 9.95. The molecule has 158 valence electrons. The molecule has 0 radical (unpaired) electrons. The molecule has 30 heavy (non-hydrogen) atoms. The summed E-state index contributed by atoms with van der Waals surface area (Å²) in [4.78, 5) is 24.5. The van der Waals surface area contributed by atoms with E-state index in [1.807, 2.05) is 32.0 Å². The fourth-order valence-electron chi connectivity index (χ4n) is 3.46. The summed E-state index contributed by atoms with van der Waals surface area (Å²) in [6, 6.07) is 10.7. The average molecular weight is 432 g/mol. The van der Waals surface area contributed by atoms with Crippen LogP contribution in [0.25, 0.3) is 11.1 Å². The first-order chi connectivity index (χ1) is 14.4. The van der Waals surface area contributed by atoms with Crippen LogP contribution in [0.15, 0.2) is 48.6 Å². The van der Waals surface area contributed by atoms with Crippen LogP contribution in [0.3, 0.4) is 0 Å². The lowest BCUT2D eigenvalue weighted by Crippen LogP contribution is -2.51. The first-order valence-electron chi connectivity index (χ1n) is 9.85. The third kappa shape index (κ3) is 4.49. The van der Waals surface area contributed by atoms with Gasteiger partial charge in [0.1, 0.15) is 18.0 Å². The molecule has 0 spiro atoms. The van der Waals surface area contributed by atoms with Crippen LogP contribution in [0.1, 0.15) is 29.8 Å². The summed E-state index contributed by atoms with van der Waals surface area (Å²) in [7, 11) is 0. The molecule has 1 saturated heterocycles. The van der Waals surface area contributed by atoms with Gasteiger partial charge in [0.2, 0.25) is 0 Å². The number of nitrogens with zero attached hydrogens (tertiary/aromatic N) is 1. The number of aliphatic carboxylic acids is 1. The molecule has 1 atom stereocenters. The van der Waals surface area contributed by atoms with E-state index in [-0.39, 0.29) is 19.0 Å². The number of carboxylic acids is 1. The van der Waals surface area contributed by atoms with Crippen LogP contribution in [-0.2, 0) is 11.2 Å². The molecule has 2 aromatic rings. The van der Waals surface area contributed by atoms with Crippen LogP contribution in [0, 0.1) is 0 Å². The zero-order valence-electron chi connectivity index (χ0n) is 16.8. The molecule has 1 amide bonds. The molecular formula is C23H23ClFNO4. The Morgan fingerprint density at radius 1 is 1.17 bits per heavy atom. The second-order valence-corrected chi connectivity index (χ2v) is 7.25. The van der Waals surface area contributed by atoms with E-state index in [2.05, 4.69) is 0 Å². The Morgan fingerprint density at radius 3 is 2.43 bits per heavy atom. The van der Waals surface area contributed by atoms with Crippen molar-refractivity contribution in [3.63, 3.8) is 0 Å². The van der Waals surface area contributed by atoms with Gasteiger partial charge in [0, 0.05) is 23.6 Å². The molecule has 4 rings (SSSR count). The highest BCUT2D eigenvalue weighted by Gasteiger charge is 2.31. The van der Waals surface area contributed by atoms with Crippen molar-refractivity contribution >= 4 is 23.5 Å². The van der Waals surface area contributed by atoms with Gasteiger partial charge >= 0.3 is 5.97 Å². The van der Waals surface area contributed by atoms with Crippen LogP contribution in [0.5, 0.6) is 5.75 Å². The number of fused-ring (bicyclic) bond motifs is 1. The Labute approximate surface area is 179 Å². The van der Waals surface area contributed by atoms with Crippen molar-refractivity contribution in [2.24, 2.45) is 0 Å². The fourth-order valence-corrected chi connectivity index (χ4v) is 3.68. The van der Waals surface area contributed by atoms with Crippen molar-refractivity contribution in [1.29, 1.82) is 0 Å². The highest BCUT2D eigenvalue weighted by molar-refractivity contribution is 6.32. The quantitative estimate of drug-likeness (QED) is 0.708. The van der Waals surface area contributed by atoms with Gasteiger partial charge in [-0.2, -0.15) is 0 Å². The number of benzene rings is 2. The topological polar surface area (TPSA) is 66.8 Å². The number of hydrogen-bond donors (Lipinski definition) is 1. The number of carboxylic acid groups (broad SMARTS) is 1. The standard InChI is InChI=1S/C21H17ClFNO4.C2H6/c22-18-7-6-16(17-9-15(28-20(17)18)5-8-19(25)26)12-1-3-13(4-2-12)21(27)24-10-14(23)11-24;1-2/h1-8,14-15H,9-11H2,(H,25,26);1-2H3/b8-5+;. The number of halogens is 2. The number of carbonyl (C=O) groups excluding carboxylic acids is 1. The van der Waals surface area contributed by atoms with Crippen molar-refractivity contribution in [2.45, 2.75) is 32.5 Å². The van der Waals surface area contributed by atoms with Gasteiger partial charge in [-0.25, -0.2) is 9.18 Å². The Balaban J connectivity index is 0.00000124. The highest BCUT2D eigenvalue weighted by Crippen LogP contribution is 2.42. The van der Waals surface area contributed by atoms with Crippen molar-refractivity contribution in [3.05, 3.63) is 64.7 Å². The van der Waals surface area contributed by atoms with E-state index >= 15 is 0 Å². The van der Waals surface area contributed by atoms with Crippen LogP contribution in [0.4, 0.5) is 4.39 Å². The normalized spacial score (nSPS) is 17.6. The minimum absolute atomic E-state index is 0.147. The maximum Gasteiger partial charge on any atom is 0.328 e. The summed E-state index contributed by atoms with van der Waals surface area (Å²) in [5, 5.41) is 9.27. The van der Waals surface area contributed by atoms with Gasteiger partial charge in [-0.05, 0) is 35.4 Å². The number of likely N-dealkylation sites (tertiary alicyclic amines) is 1. The van der Waals surface area contributed by atoms with Gasteiger partial charge in [-0.15, -0.1) is 0 Å². The van der Waals surface area contributed by atoms with E-state index in [9.17, 15) is 14.0 Å². The molecule has 2 aliphatic heterocycles. The van der Waals surface area contributed by atoms with Gasteiger partial charge in [-0.3, -0.25) is 4.79 Å². The minimum Gasteiger partial charge on any atom is -0.484 e. The highest BCUT2D eigenvalue weighted by atomic mass is 35.5. The Kier molecular flexibility index (Phi) is 6.77. The van der Waals surface area contributed by atoms with Crippen molar-refractivity contribution in [2.75, 3.05) is 13.1 Å². The Bertz CT molecular complexity index is 968. The molecule has 2 aliphatic rings. The molecule has 1 fully saturated rings. The molecule has 1 N–H and O–H groups in total. The predicted octanol–water partition coefficient (Wildman–Crippen LogP) is 4.77. The second kappa shape index (κ2) is 9.30. The lowest BCUT2D eigenvalue weighted by molar-refractivity contribution is -0.131. The van der Waals surface area contributed by atoms with E-state index in [1.54, 1.807) is 18.2 Å². The summed E-state index contributed by atoms with van der Waals surface area (Å²) in [5.41, 5.74) is 3.22. The second-order valence-electron chi connectivity index (χ2n) is 6.85. The molecule has 1 unspecified atom stereocenters. The number of ether oxygens (including phenoxy) is 1. The van der Waals surface area contributed by atoms with Crippen LogP contribution in [-0.4, -0.2) is 47.2 Å². The molecule has 0 aromatic heterocycles. The molecule has 0 saturated carbocycles. The zero-order valence-corrected chi connectivity index (χ0v) is 17.5. The molecule has 2 heterocycles. The van der Waals surface area contributed by atoms with E-state index in [4.69, 9.17) is 21.4 Å². The van der Waals surface area contributed by atoms with Gasteiger partial charge < -0.3 is 14.7 Å².